The lowest BCUT2D eigenvalue weighted by atomic mass is 10.0. The van der Waals surface area contributed by atoms with Crippen molar-refractivity contribution in [2.45, 2.75) is 90.1 Å². The van der Waals surface area contributed by atoms with Gasteiger partial charge in [0.1, 0.15) is 0 Å². The third kappa shape index (κ3) is 7.50. The van der Waals surface area contributed by atoms with Gasteiger partial charge in [0.2, 0.25) is 5.05 Å². The molecule has 0 radical (unpaired) electrons. The Hall–Kier alpha value is -0.740. The Kier molecular flexibility index (Phi) is 10.3. The SMILES string of the molecule is CCCCCCCCCCCCC/C=C1/C(=O)OC(=S)[C@H]1O. The number of hydrogen-bond acceptors (Lipinski definition) is 4. The van der Waals surface area contributed by atoms with Crippen LogP contribution < -0.4 is 0 Å². The molecule has 0 bridgehead atoms. The average Bonchev–Trinajstić information content (AvgIpc) is 2.74. The van der Waals surface area contributed by atoms with E-state index in [0.29, 0.717) is 5.57 Å². The van der Waals surface area contributed by atoms with Gasteiger partial charge in [0, 0.05) is 0 Å². The maximum atomic E-state index is 11.4. The van der Waals surface area contributed by atoms with Crippen LogP contribution in [0, 0.1) is 0 Å². The molecule has 1 N–H and O–H groups in total. The van der Waals surface area contributed by atoms with E-state index in [4.69, 9.17) is 17.0 Å². The molecule has 4 heteroatoms. The zero-order chi connectivity index (χ0) is 16.2. The molecule has 1 aliphatic rings. The van der Waals surface area contributed by atoms with Gasteiger partial charge in [-0.3, -0.25) is 0 Å². The third-order valence-electron chi connectivity index (χ3n) is 4.12. The van der Waals surface area contributed by atoms with Crippen molar-refractivity contribution in [3.8, 4) is 0 Å². The van der Waals surface area contributed by atoms with Crippen LogP contribution in [0.2, 0.25) is 0 Å². The van der Waals surface area contributed by atoms with Crippen molar-refractivity contribution in [1.29, 1.82) is 0 Å². The van der Waals surface area contributed by atoms with Crippen molar-refractivity contribution in [3.05, 3.63) is 11.6 Å². The van der Waals surface area contributed by atoms with Gasteiger partial charge in [0.15, 0.2) is 6.10 Å². The number of esters is 1. The summed E-state index contributed by atoms with van der Waals surface area (Å²) in [5.74, 6) is -0.486. The summed E-state index contributed by atoms with van der Waals surface area (Å²) in [5.41, 5.74) is 0.317. The minimum Gasteiger partial charge on any atom is -0.412 e. The molecule has 0 aliphatic carbocycles. The highest BCUT2D eigenvalue weighted by Crippen LogP contribution is 2.19. The first-order valence-corrected chi connectivity index (χ1v) is 9.21. The second kappa shape index (κ2) is 11.8. The van der Waals surface area contributed by atoms with Gasteiger partial charge < -0.3 is 9.84 Å². The molecule has 1 aliphatic heterocycles. The monoisotopic (exact) mass is 326 g/mol. The highest BCUT2D eigenvalue weighted by Gasteiger charge is 2.33. The molecule has 0 unspecified atom stereocenters. The van der Waals surface area contributed by atoms with Crippen molar-refractivity contribution in [3.63, 3.8) is 0 Å². The number of hydrogen-bond donors (Lipinski definition) is 1. The normalized spacial score (nSPS) is 19.9. The number of cyclic esters (lactones) is 1. The summed E-state index contributed by atoms with van der Waals surface area (Å²) in [7, 11) is 0. The Labute approximate surface area is 140 Å². The number of aliphatic hydroxyl groups is 1. The van der Waals surface area contributed by atoms with E-state index in [1.165, 1.54) is 64.2 Å². The lowest BCUT2D eigenvalue weighted by Crippen LogP contribution is -2.12. The molecule has 126 valence electrons. The molecule has 1 rings (SSSR count). The van der Waals surface area contributed by atoms with Crippen molar-refractivity contribution in [2.24, 2.45) is 0 Å². The predicted octanol–water partition coefficient (Wildman–Crippen LogP) is 4.86. The van der Waals surface area contributed by atoms with Gasteiger partial charge in [-0.1, -0.05) is 77.2 Å². The minimum absolute atomic E-state index is 0.0183. The van der Waals surface area contributed by atoms with Gasteiger partial charge in [-0.05, 0) is 25.1 Å². The number of rotatable bonds is 12. The summed E-state index contributed by atoms with van der Waals surface area (Å²) in [5, 5.41) is 9.63. The highest BCUT2D eigenvalue weighted by atomic mass is 32.1. The fraction of sp³-hybridized carbons (Fsp3) is 0.778. The summed E-state index contributed by atoms with van der Waals surface area (Å²) >= 11 is 4.76. The molecule has 3 nitrogen and oxygen atoms in total. The van der Waals surface area contributed by atoms with E-state index in [1.54, 1.807) is 6.08 Å². The van der Waals surface area contributed by atoms with Crippen LogP contribution in [0.3, 0.4) is 0 Å². The molecule has 0 spiro atoms. The van der Waals surface area contributed by atoms with Gasteiger partial charge in [0.05, 0.1) is 5.57 Å². The Morgan fingerprint density at radius 3 is 1.95 bits per heavy atom. The molecule has 1 saturated heterocycles. The second-order valence-electron chi connectivity index (χ2n) is 6.09. The maximum absolute atomic E-state index is 11.4. The van der Waals surface area contributed by atoms with E-state index in [-0.39, 0.29) is 5.05 Å². The Balaban J connectivity index is 1.94. The molecule has 0 amide bonds. The van der Waals surface area contributed by atoms with E-state index in [1.807, 2.05) is 0 Å². The number of allylic oxidation sites excluding steroid dienone is 1. The van der Waals surface area contributed by atoms with Gasteiger partial charge in [-0.25, -0.2) is 4.79 Å². The highest BCUT2D eigenvalue weighted by molar-refractivity contribution is 7.80. The average molecular weight is 327 g/mol. The molecule has 1 atom stereocenters. The topological polar surface area (TPSA) is 46.5 Å². The second-order valence-corrected chi connectivity index (χ2v) is 6.50. The standard InChI is InChI=1S/C18H30O3S/c1-2-3-4-5-6-7-8-9-10-11-12-13-14-15-16(19)18(22)21-17(15)20/h14,16,19H,2-13H2,1H3/b15-14+/t16-/m0/s1. The summed E-state index contributed by atoms with van der Waals surface area (Å²) < 4.78 is 4.72. The summed E-state index contributed by atoms with van der Waals surface area (Å²) in [4.78, 5) is 11.4. The van der Waals surface area contributed by atoms with Crippen LogP contribution in [0.15, 0.2) is 11.6 Å². The molecule has 0 saturated carbocycles. The molecular weight excluding hydrogens is 296 g/mol. The van der Waals surface area contributed by atoms with E-state index < -0.39 is 12.1 Å². The van der Waals surface area contributed by atoms with Crippen molar-refractivity contribution in [2.75, 3.05) is 0 Å². The number of aliphatic hydroxyl groups excluding tert-OH is 1. The largest absolute Gasteiger partial charge is 0.412 e. The van der Waals surface area contributed by atoms with Gasteiger partial charge in [-0.15, -0.1) is 0 Å². The van der Waals surface area contributed by atoms with Crippen LogP contribution in [-0.2, 0) is 9.53 Å². The zero-order valence-electron chi connectivity index (χ0n) is 13.8. The van der Waals surface area contributed by atoms with Gasteiger partial charge in [-0.2, -0.15) is 0 Å². The first-order valence-electron chi connectivity index (χ1n) is 8.81. The van der Waals surface area contributed by atoms with Crippen LogP contribution in [0.4, 0.5) is 0 Å². The fourth-order valence-corrected chi connectivity index (χ4v) is 2.91. The Morgan fingerprint density at radius 2 is 1.50 bits per heavy atom. The third-order valence-corrected chi connectivity index (χ3v) is 4.43. The molecule has 0 aromatic carbocycles. The minimum atomic E-state index is -1.00. The first-order chi connectivity index (χ1) is 10.7. The van der Waals surface area contributed by atoms with Crippen LogP contribution in [0.25, 0.3) is 0 Å². The van der Waals surface area contributed by atoms with E-state index in [2.05, 4.69) is 6.92 Å². The quantitative estimate of drug-likeness (QED) is 0.241. The smallest absolute Gasteiger partial charge is 0.342 e. The molecule has 1 heterocycles. The maximum Gasteiger partial charge on any atom is 0.342 e. The zero-order valence-corrected chi connectivity index (χ0v) is 14.6. The molecule has 1 fully saturated rings. The summed E-state index contributed by atoms with van der Waals surface area (Å²) in [6.45, 7) is 2.25. The van der Waals surface area contributed by atoms with Crippen molar-refractivity contribution in [1.82, 2.24) is 0 Å². The van der Waals surface area contributed by atoms with E-state index in [9.17, 15) is 9.90 Å². The van der Waals surface area contributed by atoms with E-state index >= 15 is 0 Å². The van der Waals surface area contributed by atoms with E-state index in [0.717, 1.165) is 12.8 Å². The first kappa shape index (κ1) is 19.3. The number of ether oxygens (including phenoxy) is 1. The molecule has 22 heavy (non-hydrogen) atoms. The number of unbranched alkanes of at least 4 members (excludes halogenated alkanes) is 11. The van der Waals surface area contributed by atoms with Gasteiger partial charge in [0.25, 0.3) is 0 Å². The lowest BCUT2D eigenvalue weighted by Gasteiger charge is -2.02. The number of thiocarbonyl (C=S) groups is 1. The molecular formula is C18H30O3S. The van der Waals surface area contributed by atoms with Crippen LogP contribution >= 0.6 is 12.2 Å². The Bertz CT molecular complexity index is 377. The van der Waals surface area contributed by atoms with Crippen LogP contribution in [-0.4, -0.2) is 22.2 Å². The summed E-state index contributed by atoms with van der Waals surface area (Å²) in [6.07, 6.45) is 15.9. The molecule has 0 aromatic rings. The number of carbonyl (C=O) groups is 1. The van der Waals surface area contributed by atoms with Crippen LogP contribution in [0.1, 0.15) is 84.0 Å². The molecule has 0 aromatic heterocycles. The summed E-state index contributed by atoms with van der Waals surface area (Å²) in [6, 6.07) is 0. The van der Waals surface area contributed by atoms with Crippen LogP contribution in [0.5, 0.6) is 0 Å². The Morgan fingerprint density at radius 1 is 1.00 bits per heavy atom. The van der Waals surface area contributed by atoms with Crippen molar-refractivity contribution < 1.29 is 14.6 Å². The van der Waals surface area contributed by atoms with Gasteiger partial charge >= 0.3 is 5.97 Å². The lowest BCUT2D eigenvalue weighted by molar-refractivity contribution is -0.129. The van der Waals surface area contributed by atoms with Crippen molar-refractivity contribution >= 4 is 23.2 Å². The number of carbonyl (C=O) groups excluding carboxylic acids is 1. The predicted molar refractivity (Wildman–Crippen MR) is 93.9 cm³/mol. The fourth-order valence-electron chi connectivity index (χ4n) is 2.71.